The van der Waals surface area contributed by atoms with Crippen molar-refractivity contribution in [2.45, 2.75) is 18.9 Å². The van der Waals surface area contributed by atoms with Gasteiger partial charge in [-0.05, 0) is 61.9 Å². The molecule has 1 aliphatic heterocycles. The van der Waals surface area contributed by atoms with Crippen molar-refractivity contribution >= 4 is 56.3 Å². The van der Waals surface area contributed by atoms with E-state index in [-0.39, 0.29) is 17.5 Å². The molecule has 6 rings (SSSR count). The summed E-state index contributed by atoms with van der Waals surface area (Å²) < 4.78 is 18.0. The molecule has 12 heteroatoms. The zero-order valence-electron chi connectivity index (χ0n) is 22.5. The van der Waals surface area contributed by atoms with Crippen LogP contribution in [0.15, 0.2) is 60.9 Å². The summed E-state index contributed by atoms with van der Waals surface area (Å²) in [6.45, 7) is 1.42. The molecule has 0 unspecified atom stereocenters. The minimum atomic E-state index is -0.677. The first-order chi connectivity index (χ1) is 19.9. The highest BCUT2D eigenvalue weighted by Crippen LogP contribution is 2.35. The molecule has 10 nitrogen and oxygen atoms in total. The fourth-order valence-electron chi connectivity index (χ4n) is 4.91. The van der Waals surface area contributed by atoms with Gasteiger partial charge in [-0.15, -0.1) is 16.4 Å². The van der Waals surface area contributed by atoms with Crippen molar-refractivity contribution in [3.8, 4) is 5.69 Å². The van der Waals surface area contributed by atoms with Gasteiger partial charge in [0.1, 0.15) is 17.2 Å². The fraction of sp³-hybridized carbons (Fsp3) is 0.241. The number of benzene rings is 1. The first-order valence-electron chi connectivity index (χ1n) is 13.2. The Labute approximate surface area is 239 Å². The number of likely N-dealkylation sites (N-methyl/N-ethyl adjacent to an activating group) is 1. The van der Waals surface area contributed by atoms with E-state index in [4.69, 9.17) is 0 Å². The first-order valence-corrected chi connectivity index (χ1v) is 14.0. The maximum Gasteiger partial charge on any atom is 0.262 e. The Morgan fingerprint density at radius 2 is 2.02 bits per heavy atom. The SMILES string of the molecule is CN(C)C(=O)/C=C/c1cc2c(N(C(=O)c3ccc(-n4nnc5cccnc54)cc3F)[C@@H]3CCCNC3)nccc2s1. The van der Waals surface area contributed by atoms with Crippen molar-refractivity contribution in [2.24, 2.45) is 0 Å². The van der Waals surface area contributed by atoms with E-state index in [2.05, 4.69) is 25.6 Å². The number of hydrogen-bond donors (Lipinski definition) is 1. The monoisotopic (exact) mass is 570 g/mol. The van der Waals surface area contributed by atoms with Crippen molar-refractivity contribution in [3.63, 3.8) is 0 Å². The van der Waals surface area contributed by atoms with Crippen LogP contribution in [0.1, 0.15) is 28.1 Å². The zero-order valence-corrected chi connectivity index (χ0v) is 23.3. The number of fused-ring (bicyclic) bond motifs is 2. The van der Waals surface area contributed by atoms with E-state index in [0.29, 0.717) is 29.2 Å². The molecule has 0 radical (unpaired) electrons. The Morgan fingerprint density at radius 3 is 2.80 bits per heavy atom. The van der Waals surface area contributed by atoms with Gasteiger partial charge in [0.25, 0.3) is 5.91 Å². The highest BCUT2D eigenvalue weighted by Gasteiger charge is 2.32. The highest BCUT2D eigenvalue weighted by atomic mass is 32.1. The maximum atomic E-state index is 15.7. The lowest BCUT2D eigenvalue weighted by atomic mass is 10.0. The molecule has 0 bridgehead atoms. The normalized spacial score (nSPS) is 15.5. The zero-order chi connectivity index (χ0) is 28.5. The van der Waals surface area contributed by atoms with Gasteiger partial charge in [-0.25, -0.2) is 14.4 Å². The Balaban J connectivity index is 1.39. The maximum absolute atomic E-state index is 15.7. The highest BCUT2D eigenvalue weighted by molar-refractivity contribution is 7.20. The number of nitrogens with one attached hydrogen (secondary N) is 1. The molecule has 5 aromatic rings. The van der Waals surface area contributed by atoms with Crippen LogP contribution in [0.3, 0.4) is 0 Å². The van der Waals surface area contributed by atoms with Gasteiger partial charge >= 0.3 is 0 Å². The molecule has 1 fully saturated rings. The molecule has 0 spiro atoms. The number of pyridine rings is 2. The van der Waals surface area contributed by atoms with E-state index in [1.807, 2.05) is 12.1 Å². The van der Waals surface area contributed by atoms with Crippen molar-refractivity contribution < 1.29 is 14.0 Å². The quantitative estimate of drug-likeness (QED) is 0.307. The predicted octanol–water partition coefficient (Wildman–Crippen LogP) is 4.06. The standard InChI is InChI=1S/C29H27FN8O2S/c1-36(2)26(39)10-8-20-16-22-25(41-20)11-14-33-27(22)37(19-5-3-12-31-17-19)29(40)21-9-7-18(15-23(21)30)38-28-24(34-35-38)6-4-13-32-28/h4,6-11,13-16,19,31H,3,5,12,17H2,1-2H3/b10-8+/t19-/m1/s1. The van der Waals surface area contributed by atoms with Crippen LogP contribution in [0.2, 0.25) is 0 Å². The number of nitrogens with zero attached hydrogens (tertiary/aromatic N) is 7. The van der Waals surface area contributed by atoms with Gasteiger partial charge in [0.2, 0.25) is 5.91 Å². The average Bonchev–Trinajstić information content (AvgIpc) is 3.61. The van der Waals surface area contributed by atoms with Crippen molar-refractivity contribution in [3.05, 3.63) is 77.2 Å². The van der Waals surface area contributed by atoms with Crippen molar-refractivity contribution in [2.75, 3.05) is 32.1 Å². The van der Waals surface area contributed by atoms with Crippen LogP contribution in [0.4, 0.5) is 10.2 Å². The van der Waals surface area contributed by atoms with Gasteiger partial charge in [0, 0.05) is 60.1 Å². The molecule has 1 atom stereocenters. The number of rotatable bonds is 6. The number of thiophene rings is 1. The molecule has 1 aromatic carbocycles. The number of carbonyl (C=O) groups excluding carboxylic acids is 2. The summed E-state index contributed by atoms with van der Waals surface area (Å²) >= 11 is 1.49. The van der Waals surface area contributed by atoms with E-state index in [1.54, 1.807) is 55.7 Å². The number of amides is 2. The topological polar surface area (TPSA) is 109 Å². The molecule has 208 valence electrons. The Bertz CT molecular complexity index is 1790. The lowest BCUT2D eigenvalue weighted by molar-refractivity contribution is -0.123. The number of carbonyl (C=O) groups is 2. The minimum Gasteiger partial charge on any atom is -0.345 e. The number of hydrogen-bond acceptors (Lipinski definition) is 8. The number of halogens is 1. The van der Waals surface area contributed by atoms with E-state index in [9.17, 15) is 9.59 Å². The first kappa shape index (κ1) is 26.7. The van der Waals surface area contributed by atoms with Crippen molar-refractivity contribution in [1.82, 2.24) is 35.2 Å². The average molecular weight is 571 g/mol. The van der Waals surface area contributed by atoms with Crippen LogP contribution in [-0.4, -0.2) is 74.9 Å². The van der Waals surface area contributed by atoms with E-state index in [0.717, 1.165) is 34.3 Å². The third-order valence-corrected chi connectivity index (χ3v) is 8.06. The summed E-state index contributed by atoms with van der Waals surface area (Å²) in [6, 6.07) is 11.5. The van der Waals surface area contributed by atoms with Gasteiger partial charge in [0.05, 0.1) is 17.3 Å². The summed E-state index contributed by atoms with van der Waals surface area (Å²) in [7, 11) is 3.38. The molecular weight excluding hydrogens is 543 g/mol. The second-order valence-electron chi connectivity index (χ2n) is 9.95. The lowest BCUT2D eigenvalue weighted by Gasteiger charge is -2.34. The Hall–Kier alpha value is -4.55. The van der Waals surface area contributed by atoms with Gasteiger partial charge in [-0.1, -0.05) is 5.21 Å². The number of anilines is 1. The van der Waals surface area contributed by atoms with Crippen LogP contribution >= 0.6 is 11.3 Å². The second kappa shape index (κ2) is 11.1. The summed E-state index contributed by atoms with van der Waals surface area (Å²) in [5.41, 5.74) is 1.42. The molecule has 41 heavy (non-hydrogen) atoms. The van der Waals surface area contributed by atoms with E-state index in [1.165, 1.54) is 39.1 Å². The largest absolute Gasteiger partial charge is 0.345 e. The molecule has 0 aliphatic carbocycles. The molecule has 0 saturated carbocycles. The minimum absolute atomic E-state index is 0.0672. The van der Waals surface area contributed by atoms with Gasteiger partial charge < -0.3 is 10.2 Å². The van der Waals surface area contributed by atoms with Gasteiger partial charge in [-0.3, -0.25) is 14.5 Å². The van der Waals surface area contributed by atoms with Crippen molar-refractivity contribution in [1.29, 1.82) is 0 Å². The van der Waals surface area contributed by atoms with E-state index < -0.39 is 11.7 Å². The van der Waals surface area contributed by atoms with Crippen LogP contribution in [0.5, 0.6) is 0 Å². The second-order valence-corrected chi connectivity index (χ2v) is 11.1. The van der Waals surface area contributed by atoms with Crippen LogP contribution in [0, 0.1) is 5.82 Å². The summed E-state index contributed by atoms with van der Waals surface area (Å²) in [6.07, 6.45) is 8.17. The summed E-state index contributed by atoms with van der Waals surface area (Å²) in [4.78, 5) is 39.1. The number of piperidine rings is 1. The Morgan fingerprint density at radius 1 is 1.15 bits per heavy atom. The molecule has 1 N–H and O–H groups in total. The van der Waals surface area contributed by atoms with Gasteiger partial charge in [0.15, 0.2) is 5.65 Å². The van der Waals surface area contributed by atoms with Crippen LogP contribution in [0.25, 0.3) is 33.0 Å². The number of aromatic nitrogens is 5. The van der Waals surface area contributed by atoms with Crippen LogP contribution < -0.4 is 10.2 Å². The summed E-state index contributed by atoms with van der Waals surface area (Å²) in [5.74, 6) is -0.815. The van der Waals surface area contributed by atoms with E-state index >= 15 is 4.39 Å². The predicted molar refractivity (Wildman–Crippen MR) is 157 cm³/mol. The third kappa shape index (κ3) is 5.19. The molecule has 1 aliphatic rings. The molecule has 5 heterocycles. The third-order valence-electron chi connectivity index (χ3n) is 6.99. The fourth-order valence-corrected chi connectivity index (χ4v) is 5.87. The molecule has 1 saturated heterocycles. The summed E-state index contributed by atoms with van der Waals surface area (Å²) in [5, 5.41) is 12.3. The Kier molecular flexibility index (Phi) is 7.25. The molecule has 2 amide bonds. The van der Waals surface area contributed by atoms with Crippen LogP contribution in [-0.2, 0) is 4.79 Å². The molecular formula is C29H27FN8O2S. The van der Waals surface area contributed by atoms with Gasteiger partial charge in [-0.2, -0.15) is 4.68 Å². The smallest absolute Gasteiger partial charge is 0.262 e. The molecule has 4 aromatic heterocycles. The lowest BCUT2D eigenvalue weighted by Crippen LogP contribution is -2.49.